The SMILES string of the molecule is C[C@@H]1CN(C(=O)OC(C)(C)C)C[C@H](C)N1C(=O)c1cc2c([nH]c1=O)CCCCC2. The lowest BCUT2D eigenvalue weighted by Crippen LogP contribution is -2.60. The van der Waals surface area contributed by atoms with Crippen LogP contribution >= 0.6 is 0 Å². The molecule has 0 aromatic carbocycles. The number of aryl methyl sites for hydroxylation is 2. The molecular formula is C22H33N3O4. The molecule has 1 aromatic rings. The topological polar surface area (TPSA) is 82.7 Å². The quantitative estimate of drug-likeness (QED) is 0.731. The third-order valence-electron chi connectivity index (χ3n) is 5.62. The minimum atomic E-state index is -0.564. The minimum Gasteiger partial charge on any atom is -0.444 e. The number of piperazine rings is 1. The number of rotatable bonds is 1. The van der Waals surface area contributed by atoms with Crippen LogP contribution in [-0.4, -0.2) is 57.6 Å². The predicted molar refractivity (Wildman–Crippen MR) is 111 cm³/mol. The van der Waals surface area contributed by atoms with E-state index in [0.29, 0.717) is 13.1 Å². The normalized spacial score (nSPS) is 22.7. The number of carbonyl (C=O) groups excluding carboxylic acids is 2. The maximum atomic E-state index is 13.3. The Balaban J connectivity index is 1.79. The van der Waals surface area contributed by atoms with Crippen molar-refractivity contribution in [2.75, 3.05) is 13.1 Å². The summed E-state index contributed by atoms with van der Waals surface area (Å²) in [6, 6.07) is 1.37. The first-order valence-electron chi connectivity index (χ1n) is 10.6. The van der Waals surface area contributed by atoms with Gasteiger partial charge in [0.25, 0.3) is 11.5 Å². The number of aromatic nitrogens is 1. The highest BCUT2D eigenvalue weighted by atomic mass is 16.6. The van der Waals surface area contributed by atoms with E-state index in [-0.39, 0.29) is 35.2 Å². The molecule has 1 aliphatic heterocycles. The summed E-state index contributed by atoms with van der Waals surface area (Å²) in [6.07, 6.45) is 4.67. The molecule has 2 heterocycles. The van der Waals surface area contributed by atoms with Gasteiger partial charge in [-0.15, -0.1) is 0 Å². The maximum absolute atomic E-state index is 13.3. The Labute approximate surface area is 172 Å². The number of H-pyrrole nitrogens is 1. The van der Waals surface area contributed by atoms with Gasteiger partial charge < -0.3 is 19.5 Å². The summed E-state index contributed by atoms with van der Waals surface area (Å²) in [5.74, 6) is -0.262. The average molecular weight is 404 g/mol. The molecule has 0 radical (unpaired) electrons. The highest BCUT2D eigenvalue weighted by Gasteiger charge is 2.37. The standard InChI is InChI=1S/C22H33N3O4/c1-14-12-24(21(28)29-22(3,4)5)13-15(2)25(14)20(27)17-11-16-9-7-6-8-10-18(16)23-19(17)26/h11,14-15H,6-10,12-13H2,1-5H3,(H,23,26)/t14-,15+. The Kier molecular flexibility index (Phi) is 6.05. The van der Waals surface area contributed by atoms with Crippen LogP contribution in [0.5, 0.6) is 0 Å². The molecule has 1 aliphatic carbocycles. The highest BCUT2D eigenvalue weighted by molar-refractivity contribution is 5.94. The molecule has 0 spiro atoms. The molecule has 2 aliphatic rings. The smallest absolute Gasteiger partial charge is 0.410 e. The number of fused-ring (bicyclic) bond motifs is 1. The van der Waals surface area contributed by atoms with E-state index in [2.05, 4.69) is 4.98 Å². The van der Waals surface area contributed by atoms with E-state index in [4.69, 9.17) is 4.74 Å². The van der Waals surface area contributed by atoms with E-state index in [0.717, 1.165) is 43.4 Å². The Morgan fingerprint density at radius 3 is 2.31 bits per heavy atom. The summed E-state index contributed by atoms with van der Waals surface area (Å²) >= 11 is 0. The molecular weight excluding hydrogens is 370 g/mol. The zero-order valence-electron chi connectivity index (χ0n) is 18.2. The number of hydrogen-bond donors (Lipinski definition) is 1. The van der Waals surface area contributed by atoms with Gasteiger partial charge in [0.05, 0.1) is 0 Å². The van der Waals surface area contributed by atoms with Crippen LogP contribution in [0.25, 0.3) is 0 Å². The van der Waals surface area contributed by atoms with Gasteiger partial charge in [0.1, 0.15) is 11.2 Å². The molecule has 0 saturated carbocycles. The number of nitrogens with one attached hydrogen (secondary N) is 1. The van der Waals surface area contributed by atoms with Crippen molar-refractivity contribution in [2.45, 2.75) is 84.4 Å². The summed E-state index contributed by atoms with van der Waals surface area (Å²) in [5, 5.41) is 0. The summed E-state index contributed by atoms with van der Waals surface area (Å²) in [6.45, 7) is 10.1. The van der Waals surface area contributed by atoms with Crippen molar-refractivity contribution >= 4 is 12.0 Å². The Morgan fingerprint density at radius 2 is 1.69 bits per heavy atom. The van der Waals surface area contributed by atoms with Gasteiger partial charge in [0, 0.05) is 30.9 Å². The number of aromatic amines is 1. The first kappa shape index (κ1) is 21.4. The molecule has 1 N–H and O–H groups in total. The molecule has 1 fully saturated rings. The molecule has 0 bridgehead atoms. The van der Waals surface area contributed by atoms with E-state index in [1.54, 1.807) is 15.9 Å². The molecule has 1 aromatic heterocycles. The third-order valence-corrected chi connectivity index (χ3v) is 5.62. The second-order valence-electron chi connectivity index (χ2n) is 9.37. The monoisotopic (exact) mass is 403 g/mol. The zero-order chi connectivity index (χ0) is 21.3. The van der Waals surface area contributed by atoms with E-state index in [9.17, 15) is 14.4 Å². The van der Waals surface area contributed by atoms with Gasteiger partial charge in [-0.05, 0) is 71.9 Å². The third kappa shape index (κ3) is 4.82. The fourth-order valence-electron chi connectivity index (χ4n) is 4.35. The number of pyridine rings is 1. The van der Waals surface area contributed by atoms with E-state index < -0.39 is 5.60 Å². The second-order valence-corrected chi connectivity index (χ2v) is 9.37. The van der Waals surface area contributed by atoms with Crippen LogP contribution in [0, 0.1) is 0 Å². The van der Waals surface area contributed by atoms with Crippen molar-refractivity contribution in [1.29, 1.82) is 0 Å². The highest BCUT2D eigenvalue weighted by Crippen LogP contribution is 2.23. The number of nitrogens with zero attached hydrogens (tertiary/aromatic N) is 2. The fourth-order valence-corrected chi connectivity index (χ4v) is 4.35. The van der Waals surface area contributed by atoms with E-state index >= 15 is 0 Å². The predicted octanol–water partition coefficient (Wildman–Crippen LogP) is 3.11. The number of amides is 2. The van der Waals surface area contributed by atoms with Crippen molar-refractivity contribution in [3.05, 3.63) is 33.2 Å². The van der Waals surface area contributed by atoms with Gasteiger partial charge in [-0.25, -0.2) is 4.79 Å². The Hall–Kier alpha value is -2.31. The minimum absolute atomic E-state index is 0.204. The van der Waals surface area contributed by atoms with Crippen LogP contribution in [0.1, 0.15) is 75.5 Å². The van der Waals surface area contributed by atoms with Gasteiger partial charge in [0.15, 0.2) is 0 Å². The fraction of sp³-hybridized carbons (Fsp3) is 0.682. The van der Waals surface area contributed by atoms with Gasteiger partial charge in [-0.2, -0.15) is 0 Å². The van der Waals surface area contributed by atoms with Crippen molar-refractivity contribution < 1.29 is 14.3 Å². The van der Waals surface area contributed by atoms with Crippen molar-refractivity contribution in [2.24, 2.45) is 0 Å². The lowest BCUT2D eigenvalue weighted by molar-refractivity contribution is -0.00493. The van der Waals surface area contributed by atoms with Gasteiger partial charge in [0.2, 0.25) is 0 Å². The molecule has 29 heavy (non-hydrogen) atoms. The van der Waals surface area contributed by atoms with Crippen LogP contribution in [0.3, 0.4) is 0 Å². The molecule has 1 saturated heterocycles. The Bertz CT molecular complexity index is 827. The molecule has 7 nitrogen and oxygen atoms in total. The molecule has 2 atom stereocenters. The van der Waals surface area contributed by atoms with E-state index in [1.165, 1.54) is 0 Å². The summed E-state index contributed by atoms with van der Waals surface area (Å²) < 4.78 is 5.48. The van der Waals surface area contributed by atoms with Gasteiger partial charge in [-0.1, -0.05) is 6.42 Å². The summed E-state index contributed by atoms with van der Waals surface area (Å²) in [5.41, 5.74) is 1.38. The second kappa shape index (κ2) is 8.20. The van der Waals surface area contributed by atoms with Crippen molar-refractivity contribution in [3.8, 4) is 0 Å². The maximum Gasteiger partial charge on any atom is 0.410 e. The number of carbonyl (C=O) groups is 2. The molecule has 160 valence electrons. The van der Waals surface area contributed by atoms with Crippen molar-refractivity contribution in [3.63, 3.8) is 0 Å². The Morgan fingerprint density at radius 1 is 1.07 bits per heavy atom. The molecule has 0 unspecified atom stereocenters. The molecule has 2 amide bonds. The van der Waals surface area contributed by atoms with Crippen molar-refractivity contribution in [1.82, 2.24) is 14.8 Å². The number of hydrogen-bond acceptors (Lipinski definition) is 4. The average Bonchev–Trinajstić information content (AvgIpc) is 2.83. The van der Waals surface area contributed by atoms with Gasteiger partial charge in [-0.3, -0.25) is 9.59 Å². The van der Waals surface area contributed by atoms with Crippen LogP contribution in [0.4, 0.5) is 4.79 Å². The largest absolute Gasteiger partial charge is 0.444 e. The first-order chi connectivity index (χ1) is 13.6. The summed E-state index contributed by atoms with van der Waals surface area (Å²) in [4.78, 5) is 44.7. The van der Waals surface area contributed by atoms with Crippen LogP contribution in [-0.2, 0) is 17.6 Å². The summed E-state index contributed by atoms with van der Waals surface area (Å²) in [7, 11) is 0. The molecule has 7 heteroatoms. The number of ether oxygens (including phenoxy) is 1. The molecule has 3 rings (SSSR count). The van der Waals surface area contributed by atoms with Crippen LogP contribution in [0.15, 0.2) is 10.9 Å². The zero-order valence-corrected chi connectivity index (χ0v) is 18.2. The lowest BCUT2D eigenvalue weighted by atomic mass is 10.0. The lowest BCUT2D eigenvalue weighted by Gasteiger charge is -2.44. The van der Waals surface area contributed by atoms with Crippen LogP contribution < -0.4 is 5.56 Å². The first-order valence-corrected chi connectivity index (χ1v) is 10.6. The van der Waals surface area contributed by atoms with Crippen LogP contribution in [0.2, 0.25) is 0 Å². The van der Waals surface area contributed by atoms with Gasteiger partial charge >= 0.3 is 6.09 Å². The van der Waals surface area contributed by atoms with E-state index in [1.807, 2.05) is 34.6 Å².